The summed E-state index contributed by atoms with van der Waals surface area (Å²) in [5.74, 6) is -0.506. The predicted molar refractivity (Wildman–Crippen MR) is 55.0 cm³/mol. The van der Waals surface area contributed by atoms with Gasteiger partial charge in [-0.2, -0.15) is 0 Å². The summed E-state index contributed by atoms with van der Waals surface area (Å²) in [6.07, 6.45) is 1.22. The van der Waals surface area contributed by atoms with Crippen molar-refractivity contribution in [3.8, 4) is 0 Å². The minimum absolute atomic E-state index is 0.504. The lowest BCUT2D eigenvalue weighted by molar-refractivity contribution is -0.134. The highest BCUT2D eigenvalue weighted by Crippen LogP contribution is 2.62. The molecule has 0 amide bonds. The molecular formula is C7H13O5PS. The Labute approximate surface area is 87.1 Å². The quantitative estimate of drug-likeness (QED) is 0.417. The summed E-state index contributed by atoms with van der Waals surface area (Å²) in [5, 5.41) is 0. The van der Waals surface area contributed by atoms with Crippen molar-refractivity contribution in [1.82, 2.24) is 0 Å². The fourth-order valence-electron chi connectivity index (χ4n) is 0.577. The van der Waals surface area contributed by atoms with Crippen LogP contribution in [0.5, 0.6) is 0 Å². The maximum Gasteiger partial charge on any atom is 0.392 e. The molecule has 0 saturated carbocycles. The maximum atomic E-state index is 11.6. The Morgan fingerprint density at radius 2 is 1.79 bits per heavy atom. The van der Waals surface area contributed by atoms with Crippen molar-refractivity contribution in [2.24, 2.45) is 0 Å². The topological polar surface area (TPSA) is 61.8 Å². The van der Waals surface area contributed by atoms with Crippen LogP contribution in [0, 0.1) is 0 Å². The van der Waals surface area contributed by atoms with Crippen molar-refractivity contribution in [3.05, 3.63) is 11.0 Å². The second-order valence-corrected chi connectivity index (χ2v) is 6.52. The number of esters is 1. The van der Waals surface area contributed by atoms with Gasteiger partial charge in [0, 0.05) is 25.2 Å². The van der Waals surface area contributed by atoms with Gasteiger partial charge < -0.3 is 13.8 Å². The third-order valence-electron chi connectivity index (χ3n) is 1.23. The van der Waals surface area contributed by atoms with Crippen LogP contribution < -0.4 is 0 Å². The molecule has 0 atom stereocenters. The van der Waals surface area contributed by atoms with Crippen molar-refractivity contribution < 1.29 is 23.1 Å². The Hall–Kier alpha value is -0.290. The van der Waals surface area contributed by atoms with Crippen molar-refractivity contribution in [2.45, 2.75) is 6.92 Å². The predicted octanol–water partition coefficient (Wildman–Crippen LogP) is 2.20. The molecule has 0 aromatic rings. The van der Waals surface area contributed by atoms with Crippen LogP contribution >= 0.6 is 18.2 Å². The molecule has 0 spiro atoms. The van der Waals surface area contributed by atoms with Gasteiger partial charge in [0.2, 0.25) is 0 Å². The van der Waals surface area contributed by atoms with E-state index in [-0.39, 0.29) is 0 Å². The molecule has 0 aliphatic rings. The van der Waals surface area contributed by atoms with Crippen molar-refractivity contribution >= 4 is 24.1 Å². The molecule has 0 aliphatic carbocycles. The first-order chi connectivity index (χ1) is 6.47. The van der Waals surface area contributed by atoms with Gasteiger partial charge >= 0.3 is 12.8 Å². The average molecular weight is 240 g/mol. The SMILES string of the molecule is COC(=O)/C=C(\C)SP(=O)(OC)OC. The molecule has 0 unspecified atom stereocenters. The van der Waals surface area contributed by atoms with Crippen molar-refractivity contribution in [3.63, 3.8) is 0 Å². The van der Waals surface area contributed by atoms with Crippen LogP contribution in [0.2, 0.25) is 0 Å². The minimum atomic E-state index is -3.16. The van der Waals surface area contributed by atoms with Gasteiger partial charge in [-0.05, 0) is 18.3 Å². The summed E-state index contributed by atoms with van der Waals surface area (Å²) in [5.41, 5.74) is 0. The van der Waals surface area contributed by atoms with E-state index in [0.717, 1.165) is 11.4 Å². The van der Waals surface area contributed by atoms with E-state index in [1.165, 1.54) is 27.4 Å². The lowest BCUT2D eigenvalue weighted by Crippen LogP contribution is -1.95. The molecule has 0 heterocycles. The van der Waals surface area contributed by atoms with Gasteiger partial charge in [0.15, 0.2) is 0 Å². The van der Waals surface area contributed by atoms with Gasteiger partial charge in [0.05, 0.1) is 7.11 Å². The molecule has 0 N–H and O–H groups in total. The number of allylic oxidation sites excluding steroid dienone is 1. The fraction of sp³-hybridized carbons (Fsp3) is 0.571. The van der Waals surface area contributed by atoms with E-state index in [9.17, 15) is 9.36 Å². The van der Waals surface area contributed by atoms with Crippen LogP contribution in [0.1, 0.15) is 6.92 Å². The summed E-state index contributed by atoms with van der Waals surface area (Å²) in [4.78, 5) is 11.3. The monoisotopic (exact) mass is 240 g/mol. The summed E-state index contributed by atoms with van der Waals surface area (Å²) < 4.78 is 25.3. The van der Waals surface area contributed by atoms with Crippen molar-refractivity contribution in [1.29, 1.82) is 0 Å². The van der Waals surface area contributed by atoms with Gasteiger partial charge in [-0.25, -0.2) is 9.36 Å². The molecule has 0 radical (unpaired) electrons. The Morgan fingerprint density at radius 3 is 2.14 bits per heavy atom. The van der Waals surface area contributed by atoms with Crippen LogP contribution in [0.15, 0.2) is 11.0 Å². The summed E-state index contributed by atoms with van der Waals surface area (Å²) >= 11 is 0.862. The highest BCUT2D eigenvalue weighted by Gasteiger charge is 2.23. The first-order valence-corrected chi connectivity index (χ1v) is 6.61. The number of hydrogen-bond acceptors (Lipinski definition) is 6. The van der Waals surface area contributed by atoms with Gasteiger partial charge in [0.25, 0.3) is 0 Å². The number of methoxy groups -OCH3 is 1. The number of ether oxygens (including phenoxy) is 1. The van der Waals surface area contributed by atoms with Crippen molar-refractivity contribution in [2.75, 3.05) is 21.3 Å². The van der Waals surface area contributed by atoms with Crippen LogP contribution in [0.25, 0.3) is 0 Å². The largest absolute Gasteiger partial charge is 0.466 e. The van der Waals surface area contributed by atoms with Gasteiger partial charge in [-0.3, -0.25) is 0 Å². The molecule has 14 heavy (non-hydrogen) atoms. The first kappa shape index (κ1) is 13.7. The second-order valence-electron chi connectivity index (χ2n) is 2.18. The lowest BCUT2D eigenvalue weighted by Gasteiger charge is -2.11. The Bertz CT molecular complexity index is 267. The minimum Gasteiger partial charge on any atom is -0.466 e. The third kappa shape index (κ3) is 4.81. The molecule has 5 nitrogen and oxygen atoms in total. The van der Waals surface area contributed by atoms with Crippen LogP contribution in [-0.4, -0.2) is 27.3 Å². The normalized spacial score (nSPS) is 12.7. The number of rotatable bonds is 5. The van der Waals surface area contributed by atoms with Gasteiger partial charge in [-0.1, -0.05) is 0 Å². The van der Waals surface area contributed by atoms with E-state index in [1.54, 1.807) is 6.92 Å². The van der Waals surface area contributed by atoms with E-state index >= 15 is 0 Å². The van der Waals surface area contributed by atoms with Gasteiger partial charge in [0.1, 0.15) is 0 Å². The standard InChI is InChI=1S/C7H13O5PS/c1-6(5-7(8)10-2)14-13(9,11-3)12-4/h5H,1-4H3/b6-5+. The molecular weight excluding hydrogens is 227 g/mol. The van der Waals surface area contributed by atoms with E-state index < -0.39 is 12.8 Å². The van der Waals surface area contributed by atoms with Crippen LogP contribution in [0.4, 0.5) is 0 Å². The highest BCUT2D eigenvalue weighted by molar-refractivity contribution is 8.57. The number of carbonyl (C=O) groups is 1. The van der Waals surface area contributed by atoms with E-state index in [4.69, 9.17) is 0 Å². The Kier molecular flexibility index (Phi) is 6.11. The highest BCUT2D eigenvalue weighted by atomic mass is 32.7. The lowest BCUT2D eigenvalue weighted by atomic mass is 10.5. The summed E-state index contributed by atoms with van der Waals surface area (Å²) in [7, 11) is 3.83. The van der Waals surface area contributed by atoms with E-state index in [1.807, 2.05) is 0 Å². The number of carbonyl (C=O) groups excluding carboxylic acids is 1. The summed E-state index contributed by atoms with van der Waals surface area (Å²) in [6.45, 7) is -1.55. The molecule has 0 aromatic carbocycles. The zero-order valence-electron chi connectivity index (χ0n) is 8.47. The molecule has 82 valence electrons. The van der Waals surface area contributed by atoms with Gasteiger partial charge in [-0.15, -0.1) is 0 Å². The average Bonchev–Trinajstić information content (AvgIpc) is 2.17. The molecule has 7 heteroatoms. The molecule has 0 fully saturated rings. The second kappa shape index (κ2) is 6.24. The van der Waals surface area contributed by atoms with Crippen LogP contribution in [-0.2, 0) is 23.1 Å². The third-order valence-corrected chi connectivity index (χ3v) is 5.18. The molecule has 0 aliphatic heterocycles. The summed E-state index contributed by atoms with van der Waals surface area (Å²) in [6, 6.07) is 0. The maximum absolute atomic E-state index is 11.6. The molecule has 0 saturated heterocycles. The molecule has 0 aromatic heterocycles. The first-order valence-electron chi connectivity index (χ1n) is 3.64. The smallest absolute Gasteiger partial charge is 0.392 e. The Balaban J connectivity index is 4.44. The van der Waals surface area contributed by atoms with E-state index in [0.29, 0.717) is 4.91 Å². The zero-order chi connectivity index (χ0) is 11.2. The van der Waals surface area contributed by atoms with E-state index in [2.05, 4.69) is 13.8 Å². The fourth-order valence-corrected chi connectivity index (χ4v) is 3.04. The Morgan fingerprint density at radius 1 is 1.29 bits per heavy atom. The number of hydrogen-bond donors (Lipinski definition) is 0. The zero-order valence-corrected chi connectivity index (χ0v) is 10.2. The molecule has 0 bridgehead atoms. The van der Waals surface area contributed by atoms with Crippen LogP contribution in [0.3, 0.4) is 0 Å². The molecule has 0 rings (SSSR count).